The number of aliphatic hydroxyl groups is 3. The first-order chi connectivity index (χ1) is 14.7. The second-order valence-corrected chi connectivity index (χ2v) is 7.30. The van der Waals surface area contributed by atoms with Gasteiger partial charge in [0.05, 0.1) is 6.61 Å². The Kier molecular flexibility index (Phi) is 5.37. The average Bonchev–Trinajstić information content (AvgIpc) is 2.71. The van der Waals surface area contributed by atoms with Gasteiger partial charge in [0.25, 0.3) is 0 Å². The zero-order chi connectivity index (χ0) is 22.4. The van der Waals surface area contributed by atoms with Crippen LogP contribution in [0.3, 0.4) is 0 Å². The maximum absolute atomic E-state index is 13.2. The Morgan fingerprint density at radius 1 is 0.903 bits per heavy atom. The second-order valence-electron chi connectivity index (χ2n) is 7.30. The Balaban J connectivity index is 1.74. The lowest BCUT2D eigenvalue weighted by molar-refractivity contribution is -0.283. The summed E-state index contributed by atoms with van der Waals surface area (Å²) in [4.78, 5) is 13.2. The first kappa shape index (κ1) is 21.2. The van der Waals surface area contributed by atoms with Gasteiger partial charge >= 0.3 is 0 Å². The minimum Gasteiger partial charge on any atom is -0.508 e. The fourth-order valence-corrected chi connectivity index (χ4v) is 3.54. The molecule has 0 unspecified atom stereocenters. The van der Waals surface area contributed by atoms with Crippen LogP contribution in [0.25, 0.3) is 0 Å². The lowest BCUT2D eigenvalue weighted by atomic mass is 9.92. The van der Waals surface area contributed by atoms with Crippen LogP contribution in [0.1, 0.15) is 22.0 Å². The van der Waals surface area contributed by atoms with Crippen molar-refractivity contribution in [1.82, 2.24) is 0 Å². The molecule has 6 atom stereocenters. The molecule has 2 aliphatic rings. The maximum Gasteiger partial charge on any atom is 0.203 e. The van der Waals surface area contributed by atoms with Gasteiger partial charge in [0.15, 0.2) is 30.0 Å². The van der Waals surface area contributed by atoms with Gasteiger partial charge in [-0.2, -0.15) is 0 Å². The van der Waals surface area contributed by atoms with Crippen molar-refractivity contribution in [1.29, 1.82) is 0 Å². The zero-order valence-corrected chi connectivity index (χ0v) is 15.8. The fraction of sp³-hybridized carbons (Fsp3) is 0.350. The van der Waals surface area contributed by atoms with E-state index < -0.39 is 59.8 Å². The number of ether oxygens (including phenoxy) is 3. The molecule has 166 valence electrons. The van der Waals surface area contributed by atoms with Gasteiger partial charge in [0.1, 0.15) is 41.1 Å². The van der Waals surface area contributed by atoms with Crippen LogP contribution in [0.4, 0.5) is 0 Å². The molecule has 0 aromatic heterocycles. The van der Waals surface area contributed by atoms with Crippen LogP contribution in [0.5, 0.6) is 28.7 Å². The van der Waals surface area contributed by atoms with Crippen molar-refractivity contribution < 1.29 is 54.8 Å². The molecule has 0 bridgehead atoms. The maximum atomic E-state index is 13.2. The molecule has 2 aromatic carbocycles. The molecule has 1 saturated heterocycles. The number of aromatic hydroxyl groups is 4. The third-order valence-electron chi connectivity index (χ3n) is 5.16. The van der Waals surface area contributed by atoms with Gasteiger partial charge < -0.3 is 50.0 Å². The molecule has 0 spiro atoms. The van der Waals surface area contributed by atoms with E-state index in [1.54, 1.807) is 0 Å². The number of aliphatic hydroxyl groups excluding tert-OH is 3. The van der Waals surface area contributed by atoms with Crippen molar-refractivity contribution in [2.75, 3.05) is 6.61 Å². The number of ketones is 1. The third kappa shape index (κ3) is 3.73. The summed E-state index contributed by atoms with van der Waals surface area (Å²) in [6, 6.07) is 5.71. The smallest absolute Gasteiger partial charge is 0.203 e. The molecule has 0 aliphatic carbocycles. The number of phenolic OH excluding ortho intramolecular Hbond substituents is 4. The molecule has 31 heavy (non-hydrogen) atoms. The highest BCUT2D eigenvalue weighted by Gasteiger charge is 2.46. The largest absolute Gasteiger partial charge is 0.508 e. The van der Waals surface area contributed by atoms with Gasteiger partial charge in [0.2, 0.25) is 5.78 Å². The van der Waals surface area contributed by atoms with Crippen LogP contribution < -0.4 is 4.74 Å². The molecule has 2 aliphatic heterocycles. The average molecular weight is 436 g/mol. The molecule has 7 N–H and O–H groups in total. The minimum atomic E-state index is -1.69. The number of rotatable bonds is 3. The molecule has 4 rings (SSSR count). The topological polar surface area (TPSA) is 186 Å². The van der Waals surface area contributed by atoms with Gasteiger partial charge in [-0.05, 0) is 17.7 Å². The Hall–Kier alpha value is -3.09. The molecule has 0 radical (unpaired) electrons. The molecule has 2 heterocycles. The highest BCUT2D eigenvalue weighted by molar-refractivity contribution is 6.05. The van der Waals surface area contributed by atoms with E-state index >= 15 is 0 Å². The quantitative estimate of drug-likeness (QED) is 0.312. The van der Waals surface area contributed by atoms with Crippen LogP contribution in [0, 0.1) is 0 Å². The molecule has 0 saturated carbocycles. The van der Waals surface area contributed by atoms with Gasteiger partial charge in [-0.15, -0.1) is 0 Å². The summed E-state index contributed by atoms with van der Waals surface area (Å²) in [6.07, 6.45) is -8.95. The lowest BCUT2D eigenvalue weighted by Gasteiger charge is -2.39. The number of fused-ring (bicyclic) bond motifs is 1. The van der Waals surface area contributed by atoms with Crippen molar-refractivity contribution in [3.63, 3.8) is 0 Å². The number of hydrogen-bond acceptors (Lipinski definition) is 11. The van der Waals surface area contributed by atoms with Crippen LogP contribution in [0.2, 0.25) is 0 Å². The van der Waals surface area contributed by atoms with Crippen molar-refractivity contribution >= 4 is 5.78 Å². The van der Waals surface area contributed by atoms with Crippen molar-refractivity contribution in [3.05, 3.63) is 41.5 Å². The number of hydrogen-bond donors (Lipinski definition) is 7. The third-order valence-corrected chi connectivity index (χ3v) is 5.16. The summed E-state index contributed by atoms with van der Waals surface area (Å²) in [5.74, 6) is -2.78. The molecule has 0 amide bonds. The predicted molar refractivity (Wildman–Crippen MR) is 99.9 cm³/mol. The summed E-state index contributed by atoms with van der Waals surface area (Å²) in [5, 5.41) is 69.0. The van der Waals surface area contributed by atoms with Crippen LogP contribution >= 0.6 is 0 Å². The van der Waals surface area contributed by atoms with Crippen molar-refractivity contribution in [2.45, 2.75) is 36.8 Å². The van der Waals surface area contributed by atoms with E-state index in [1.807, 2.05) is 0 Å². The summed E-state index contributed by atoms with van der Waals surface area (Å²) in [7, 11) is 0. The minimum absolute atomic E-state index is 0.152. The van der Waals surface area contributed by atoms with Crippen molar-refractivity contribution in [3.8, 4) is 28.7 Å². The Morgan fingerprint density at radius 2 is 1.65 bits per heavy atom. The predicted octanol–water partition coefficient (Wildman–Crippen LogP) is -0.350. The Bertz CT molecular complexity index is 1010. The Labute approximate surface area is 174 Å². The first-order valence-electron chi connectivity index (χ1n) is 9.27. The number of benzene rings is 2. The van der Waals surface area contributed by atoms with Gasteiger partial charge in [0, 0.05) is 12.1 Å². The van der Waals surface area contributed by atoms with Crippen LogP contribution in [-0.2, 0) is 9.47 Å². The standard InChI is InChI=1S/C20H20O11/c21-8-4-11(24)14-13(5-8)30-18(7-1-2-9(22)10(23)3-7)19(16(14)27)31-20-17(28)15(26)12(25)6-29-20/h1-5,12,15,17-26,28H,6H2/t12-,15+,17-,18-,19-,20+/m1/s1. The van der Waals surface area contributed by atoms with Crippen LogP contribution in [-0.4, -0.2) is 78.8 Å². The molecule has 1 fully saturated rings. The molecule has 11 heteroatoms. The normalized spacial score (nSPS) is 30.5. The van der Waals surface area contributed by atoms with Gasteiger partial charge in [-0.1, -0.05) is 6.07 Å². The SMILES string of the molecule is O=C1c2c(O)cc(O)cc2O[C@H](c2ccc(O)c(O)c2)[C@@H]1O[C@@H]1OC[C@@H](O)[C@H](O)[C@H]1O. The molecule has 11 nitrogen and oxygen atoms in total. The van der Waals surface area contributed by atoms with Crippen molar-refractivity contribution in [2.24, 2.45) is 0 Å². The monoisotopic (exact) mass is 436 g/mol. The van der Waals surface area contributed by atoms with E-state index in [0.29, 0.717) is 0 Å². The lowest BCUT2D eigenvalue weighted by Crippen LogP contribution is -2.56. The summed E-state index contributed by atoms with van der Waals surface area (Å²) < 4.78 is 16.6. The Morgan fingerprint density at radius 3 is 2.35 bits per heavy atom. The van der Waals surface area contributed by atoms with E-state index in [-0.39, 0.29) is 29.2 Å². The zero-order valence-electron chi connectivity index (χ0n) is 15.8. The highest BCUT2D eigenvalue weighted by atomic mass is 16.7. The van der Waals surface area contributed by atoms with E-state index in [4.69, 9.17) is 14.2 Å². The van der Waals surface area contributed by atoms with E-state index in [0.717, 1.165) is 24.3 Å². The summed E-state index contributed by atoms with van der Waals surface area (Å²) in [6.45, 7) is -0.370. The van der Waals surface area contributed by atoms with Gasteiger partial charge in [-0.3, -0.25) is 4.79 Å². The molecule has 2 aromatic rings. The second kappa shape index (κ2) is 7.87. The van der Waals surface area contributed by atoms with E-state index in [1.165, 1.54) is 6.07 Å². The molecular weight excluding hydrogens is 416 g/mol. The molecular formula is C20H20O11. The van der Waals surface area contributed by atoms with E-state index in [2.05, 4.69) is 0 Å². The fourth-order valence-electron chi connectivity index (χ4n) is 3.54. The highest BCUT2D eigenvalue weighted by Crippen LogP contribution is 2.44. The van der Waals surface area contributed by atoms with Crippen LogP contribution in [0.15, 0.2) is 30.3 Å². The number of carbonyl (C=O) groups excluding carboxylic acids is 1. The number of carbonyl (C=O) groups is 1. The number of Topliss-reactive ketones (excluding diaryl/α,β-unsaturated/α-hetero) is 1. The summed E-state index contributed by atoms with van der Waals surface area (Å²) in [5.41, 5.74) is -0.0963. The van der Waals surface area contributed by atoms with Gasteiger partial charge in [-0.25, -0.2) is 0 Å². The number of phenols is 4. The first-order valence-corrected chi connectivity index (χ1v) is 9.27. The van der Waals surface area contributed by atoms with E-state index in [9.17, 15) is 40.5 Å². The summed E-state index contributed by atoms with van der Waals surface area (Å²) >= 11 is 0.